The summed E-state index contributed by atoms with van der Waals surface area (Å²) in [6.07, 6.45) is 1.55. The van der Waals surface area contributed by atoms with Crippen molar-refractivity contribution in [1.29, 1.82) is 0 Å². The van der Waals surface area contributed by atoms with Crippen molar-refractivity contribution in [3.63, 3.8) is 0 Å². The molecule has 1 aliphatic heterocycles. The number of benzene rings is 1. The number of rotatable bonds is 5. The van der Waals surface area contributed by atoms with Gasteiger partial charge in [0.2, 0.25) is 11.8 Å². The lowest BCUT2D eigenvalue weighted by Crippen LogP contribution is -2.39. The molecular weight excluding hydrogens is 268 g/mol. The van der Waals surface area contributed by atoms with Gasteiger partial charge in [-0.1, -0.05) is 6.07 Å². The molecule has 1 fully saturated rings. The zero-order valence-electron chi connectivity index (χ0n) is 12.8. The fourth-order valence-corrected chi connectivity index (χ4v) is 2.50. The van der Waals surface area contributed by atoms with Crippen molar-refractivity contribution in [1.82, 2.24) is 10.2 Å². The first-order valence-electron chi connectivity index (χ1n) is 7.24. The summed E-state index contributed by atoms with van der Waals surface area (Å²) < 4.78 is 5.36. The second-order valence-electron chi connectivity index (χ2n) is 5.31. The molecule has 0 aromatic heterocycles. The molecule has 5 heteroatoms. The maximum atomic E-state index is 11.9. The summed E-state index contributed by atoms with van der Waals surface area (Å²) >= 11 is 0. The average Bonchev–Trinajstić information content (AvgIpc) is 2.50. The first-order valence-corrected chi connectivity index (χ1v) is 7.24. The Labute approximate surface area is 125 Å². The van der Waals surface area contributed by atoms with E-state index in [0.717, 1.165) is 11.1 Å². The minimum Gasteiger partial charge on any atom is -0.496 e. The Morgan fingerprint density at radius 2 is 1.95 bits per heavy atom. The molecule has 1 aliphatic rings. The molecule has 0 bridgehead atoms. The van der Waals surface area contributed by atoms with E-state index in [4.69, 9.17) is 4.74 Å². The third kappa shape index (κ3) is 3.42. The Morgan fingerprint density at radius 1 is 1.29 bits per heavy atom. The number of carbonyl (C=O) groups is 2. The second kappa shape index (κ2) is 6.72. The van der Waals surface area contributed by atoms with Crippen LogP contribution in [0.4, 0.5) is 0 Å². The van der Waals surface area contributed by atoms with E-state index in [1.807, 2.05) is 25.2 Å². The Morgan fingerprint density at radius 3 is 2.52 bits per heavy atom. The first kappa shape index (κ1) is 15.5. The number of imide groups is 1. The number of methoxy groups -OCH3 is 1. The van der Waals surface area contributed by atoms with Crippen LogP contribution in [-0.2, 0) is 16.1 Å². The van der Waals surface area contributed by atoms with Gasteiger partial charge < -0.3 is 10.1 Å². The van der Waals surface area contributed by atoms with Crippen LogP contribution < -0.4 is 10.1 Å². The lowest BCUT2D eigenvalue weighted by Gasteiger charge is -2.26. The zero-order chi connectivity index (χ0) is 15.4. The molecule has 0 spiro atoms. The minimum atomic E-state index is -0.0969. The van der Waals surface area contributed by atoms with E-state index in [1.165, 1.54) is 4.90 Å². The number of carbonyl (C=O) groups excluding carboxylic acids is 2. The van der Waals surface area contributed by atoms with Crippen LogP contribution in [0.1, 0.15) is 43.4 Å². The molecule has 1 aromatic rings. The van der Waals surface area contributed by atoms with Crippen LogP contribution in [0.3, 0.4) is 0 Å². The van der Waals surface area contributed by atoms with Gasteiger partial charge in [-0.25, -0.2) is 0 Å². The van der Waals surface area contributed by atoms with Gasteiger partial charge in [-0.3, -0.25) is 14.5 Å². The number of ether oxygens (including phenoxy) is 1. The normalized spacial score (nSPS) is 17.0. The van der Waals surface area contributed by atoms with Gasteiger partial charge in [-0.2, -0.15) is 0 Å². The van der Waals surface area contributed by atoms with Crippen molar-refractivity contribution in [2.45, 2.75) is 38.8 Å². The van der Waals surface area contributed by atoms with Crippen LogP contribution in [-0.4, -0.2) is 30.9 Å². The van der Waals surface area contributed by atoms with E-state index >= 15 is 0 Å². The first-order chi connectivity index (χ1) is 10.1. The number of hydrogen-bond acceptors (Lipinski definition) is 4. The Kier molecular flexibility index (Phi) is 4.96. The molecule has 1 atom stereocenters. The Bertz CT molecular complexity index is 526. The number of hydrogen-bond donors (Lipinski definition) is 1. The van der Waals surface area contributed by atoms with Crippen LogP contribution in [0.2, 0.25) is 0 Å². The molecule has 1 N–H and O–H groups in total. The van der Waals surface area contributed by atoms with Gasteiger partial charge in [0.15, 0.2) is 0 Å². The fourth-order valence-electron chi connectivity index (χ4n) is 2.50. The quantitative estimate of drug-likeness (QED) is 0.843. The molecule has 1 heterocycles. The monoisotopic (exact) mass is 290 g/mol. The average molecular weight is 290 g/mol. The lowest BCUT2D eigenvalue weighted by molar-refractivity contribution is -0.148. The van der Waals surface area contributed by atoms with Crippen molar-refractivity contribution in [2.24, 2.45) is 0 Å². The summed E-state index contributed by atoms with van der Waals surface area (Å²) in [5.41, 5.74) is 1.96. The van der Waals surface area contributed by atoms with Crippen LogP contribution in [0.5, 0.6) is 5.75 Å². The van der Waals surface area contributed by atoms with E-state index in [2.05, 4.69) is 12.2 Å². The summed E-state index contributed by atoms with van der Waals surface area (Å²) in [6, 6.07) is 6.07. The number of likely N-dealkylation sites (tertiary alicyclic amines) is 1. The lowest BCUT2D eigenvalue weighted by atomic mass is 10.0. The molecule has 1 aromatic carbocycles. The van der Waals surface area contributed by atoms with Crippen molar-refractivity contribution < 1.29 is 14.3 Å². The Balaban J connectivity index is 2.28. The minimum absolute atomic E-state index is 0.0969. The maximum absolute atomic E-state index is 11.9. The van der Waals surface area contributed by atoms with E-state index in [0.29, 0.717) is 25.0 Å². The molecule has 114 valence electrons. The fraction of sp³-hybridized carbons (Fsp3) is 0.500. The van der Waals surface area contributed by atoms with E-state index in [1.54, 1.807) is 7.11 Å². The smallest absolute Gasteiger partial charge is 0.229 e. The molecule has 1 unspecified atom stereocenters. The summed E-state index contributed by atoms with van der Waals surface area (Å²) in [5.74, 6) is 0.508. The molecule has 2 rings (SSSR count). The van der Waals surface area contributed by atoms with Gasteiger partial charge in [0.1, 0.15) is 5.75 Å². The van der Waals surface area contributed by atoms with Gasteiger partial charge in [0.25, 0.3) is 0 Å². The summed E-state index contributed by atoms with van der Waals surface area (Å²) in [5, 5.41) is 3.18. The van der Waals surface area contributed by atoms with Crippen molar-refractivity contribution in [3.8, 4) is 5.75 Å². The number of nitrogens with one attached hydrogen (secondary N) is 1. The number of amides is 2. The highest BCUT2D eigenvalue weighted by Crippen LogP contribution is 2.26. The molecule has 21 heavy (non-hydrogen) atoms. The summed E-state index contributed by atoms with van der Waals surface area (Å²) in [6.45, 7) is 2.34. The zero-order valence-corrected chi connectivity index (χ0v) is 12.8. The Hall–Kier alpha value is -1.88. The van der Waals surface area contributed by atoms with Crippen molar-refractivity contribution in [2.75, 3.05) is 14.2 Å². The van der Waals surface area contributed by atoms with E-state index < -0.39 is 0 Å². The number of piperidine rings is 1. The molecule has 0 saturated carbocycles. The maximum Gasteiger partial charge on any atom is 0.229 e. The second-order valence-corrected chi connectivity index (χ2v) is 5.31. The van der Waals surface area contributed by atoms with E-state index in [9.17, 15) is 9.59 Å². The van der Waals surface area contributed by atoms with Gasteiger partial charge in [0, 0.05) is 24.4 Å². The van der Waals surface area contributed by atoms with Crippen molar-refractivity contribution >= 4 is 11.8 Å². The highest BCUT2D eigenvalue weighted by molar-refractivity contribution is 5.97. The molecule has 0 radical (unpaired) electrons. The third-order valence-electron chi connectivity index (χ3n) is 3.95. The predicted octanol–water partition coefficient (Wildman–Crippen LogP) is 2.01. The standard InChI is InChI=1S/C16H22N2O3/c1-11(17-2)12-7-8-14(21-3)13(9-12)10-18-15(19)5-4-6-16(18)20/h7-9,11,17H,4-6,10H2,1-3H3. The predicted molar refractivity (Wildman–Crippen MR) is 79.9 cm³/mol. The molecular formula is C16H22N2O3. The van der Waals surface area contributed by atoms with Crippen LogP contribution >= 0.6 is 0 Å². The summed E-state index contributed by atoms with van der Waals surface area (Å²) in [7, 11) is 3.49. The van der Waals surface area contributed by atoms with Crippen LogP contribution in [0.15, 0.2) is 18.2 Å². The topological polar surface area (TPSA) is 58.6 Å². The molecule has 5 nitrogen and oxygen atoms in total. The highest BCUT2D eigenvalue weighted by Gasteiger charge is 2.26. The van der Waals surface area contributed by atoms with E-state index in [-0.39, 0.29) is 24.4 Å². The third-order valence-corrected chi connectivity index (χ3v) is 3.95. The van der Waals surface area contributed by atoms with Gasteiger partial charge in [0.05, 0.1) is 13.7 Å². The van der Waals surface area contributed by atoms with Gasteiger partial charge in [-0.05, 0) is 38.1 Å². The van der Waals surface area contributed by atoms with Gasteiger partial charge >= 0.3 is 0 Å². The molecule has 1 saturated heterocycles. The largest absolute Gasteiger partial charge is 0.496 e. The molecule has 2 amide bonds. The SMILES string of the molecule is CNC(C)c1ccc(OC)c(CN2C(=O)CCCC2=O)c1. The van der Waals surface area contributed by atoms with Crippen LogP contribution in [0, 0.1) is 0 Å². The van der Waals surface area contributed by atoms with Crippen LogP contribution in [0.25, 0.3) is 0 Å². The summed E-state index contributed by atoms with van der Waals surface area (Å²) in [4.78, 5) is 25.2. The van der Waals surface area contributed by atoms with Gasteiger partial charge in [-0.15, -0.1) is 0 Å². The molecule has 0 aliphatic carbocycles. The highest BCUT2D eigenvalue weighted by atomic mass is 16.5. The van der Waals surface area contributed by atoms with Crippen molar-refractivity contribution in [3.05, 3.63) is 29.3 Å². The number of nitrogens with zero attached hydrogens (tertiary/aromatic N) is 1.